The van der Waals surface area contributed by atoms with E-state index in [9.17, 15) is 4.79 Å². The van der Waals surface area contributed by atoms with Gasteiger partial charge in [-0.05, 0) is 55.3 Å². The van der Waals surface area contributed by atoms with Crippen LogP contribution in [0.4, 0.5) is 5.69 Å². The van der Waals surface area contributed by atoms with Crippen molar-refractivity contribution in [1.82, 2.24) is 0 Å². The maximum absolute atomic E-state index is 12.0. The van der Waals surface area contributed by atoms with Gasteiger partial charge in [0.1, 0.15) is 18.1 Å². The van der Waals surface area contributed by atoms with Crippen LogP contribution in [0, 0.1) is 13.8 Å². The molecule has 0 radical (unpaired) electrons. The first-order valence-corrected chi connectivity index (χ1v) is 7.80. The Morgan fingerprint density at radius 1 is 1.00 bits per heavy atom. The summed E-state index contributed by atoms with van der Waals surface area (Å²) in [6.07, 6.45) is 0. The molecule has 0 fully saturated rings. The molecule has 24 heavy (non-hydrogen) atoms. The van der Waals surface area contributed by atoms with Crippen LogP contribution in [0.1, 0.15) is 11.1 Å². The fourth-order valence-corrected chi connectivity index (χ4v) is 2.08. The highest BCUT2D eigenvalue weighted by Crippen LogP contribution is 2.19. The minimum Gasteiger partial charge on any atom is -0.491 e. The van der Waals surface area contributed by atoms with E-state index in [2.05, 4.69) is 5.32 Å². The van der Waals surface area contributed by atoms with Crippen LogP contribution < -0.4 is 14.8 Å². The standard InChI is InChI=1S/C19H23NO4/c1-14-4-5-15(2)18(12-14)24-13-19(21)20-16-6-8-17(9-7-16)23-11-10-22-3/h4-9,12H,10-11,13H2,1-3H3,(H,20,21). The van der Waals surface area contributed by atoms with Crippen LogP contribution >= 0.6 is 0 Å². The van der Waals surface area contributed by atoms with Gasteiger partial charge < -0.3 is 19.5 Å². The second-order valence-corrected chi connectivity index (χ2v) is 5.47. The van der Waals surface area contributed by atoms with Crippen molar-refractivity contribution in [3.8, 4) is 11.5 Å². The smallest absolute Gasteiger partial charge is 0.262 e. The Kier molecular flexibility index (Phi) is 6.63. The number of carbonyl (C=O) groups excluding carboxylic acids is 1. The third-order valence-electron chi connectivity index (χ3n) is 3.40. The van der Waals surface area contributed by atoms with E-state index in [-0.39, 0.29) is 12.5 Å². The number of anilines is 1. The van der Waals surface area contributed by atoms with E-state index in [1.54, 1.807) is 31.4 Å². The first-order chi connectivity index (χ1) is 11.6. The van der Waals surface area contributed by atoms with Crippen molar-refractivity contribution in [1.29, 1.82) is 0 Å². The van der Waals surface area contributed by atoms with E-state index >= 15 is 0 Å². The van der Waals surface area contributed by atoms with Gasteiger partial charge in [-0.2, -0.15) is 0 Å². The highest BCUT2D eigenvalue weighted by atomic mass is 16.5. The molecule has 0 spiro atoms. The first kappa shape index (κ1) is 17.8. The van der Waals surface area contributed by atoms with Crippen molar-refractivity contribution in [3.05, 3.63) is 53.6 Å². The van der Waals surface area contributed by atoms with E-state index in [1.807, 2.05) is 32.0 Å². The Morgan fingerprint density at radius 3 is 2.46 bits per heavy atom. The minimum atomic E-state index is -0.205. The summed E-state index contributed by atoms with van der Waals surface area (Å²) >= 11 is 0. The lowest BCUT2D eigenvalue weighted by Gasteiger charge is -2.11. The second kappa shape index (κ2) is 8.93. The maximum Gasteiger partial charge on any atom is 0.262 e. The van der Waals surface area contributed by atoms with Crippen molar-refractivity contribution in [2.24, 2.45) is 0 Å². The Morgan fingerprint density at radius 2 is 1.75 bits per heavy atom. The number of hydrogen-bond donors (Lipinski definition) is 1. The number of hydrogen-bond acceptors (Lipinski definition) is 4. The monoisotopic (exact) mass is 329 g/mol. The van der Waals surface area contributed by atoms with Crippen LogP contribution in [-0.4, -0.2) is 32.8 Å². The van der Waals surface area contributed by atoms with Gasteiger partial charge in [0.25, 0.3) is 5.91 Å². The summed E-state index contributed by atoms with van der Waals surface area (Å²) in [5, 5.41) is 2.80. The molecule has 1 amide bonds. The fraction of sp³-hybridized carbons (Fsp3) is 0.316. The van der Waals surface area contributed by atoms with E-state index in [1.165, 1.54) is 0 Å². The molecule has 0 heterocycles. The largest absolute Gasteiger partial charge is 0.491 e. The van der Waals surface area contributed by atoms with Gasteiger partial charge in [-0.1, -0.05) is 12.1 Å². The molecule has 0 bridgehead atoms. The number of methoxy groups -OCH3 is 1. The van der Waals surface area contributed by atoms with Gasteiger partial charge in [0.2, 0.25) is 0 Å². The quantitative estimate of drug-likeness (QED) is 0.755. The molecule has 128 valence electrons. The van der Waals surface area contributed by atoms with Crippen LogP contribution in [0.3, 0.4) is 0 Å². The first-order valence-electron chi connectivity index (χ1n) is 7.80. The summed E-state index contributed by atoms with van der Waals surface area (Å²) in [6.45, 7) is 4.94. The number of nitrogens with one attached hydrogen (secondary N) is 1. The van der Waals surface area contributed by atoms with Gasteiger partial charge in [0.05, 0.1) is 6.61 Å². The van der Waals surface area contributed by atoms with Crippen LogP contribution in [0.15, 0.2) is 42.5 Å². The van der Waals surface area contributed by atoms with Crippen molar-refractivity contribution < 1.29 is 19.0 Å². The van der Waals surface area contributed by atoms with Crippen LogP contribution in [0.5, 0.6) is 11.5 Å². The Bertz CT molecular complexity index is 668. The van der Waals surface area contributed by atoms with Crippen molar-refractivity contribution in [2.45, 2.75) is 13.8 Å². The predicted molar refractivity (Wildman–Crippen MR) is 93.9 cm³/mol. The number of ether oxygens (including phenoxy) is 3. The Hall–Kier alpha value is -2.53. The minimum absolute atomic E-state index is 0.0314. The SMILES string of the molecule is COCCOc1ccc(NC(=O)COc2cc(C)ccc2C)cc1. The second-order valence-electron chi connectivity index (χ2n) is 5.47. The molecule has 0 saturated heterocycles. The van der Waals surface area contributed by atoms with Crippen LogP contribution in [0.25, 0.3) is 0 Å². The number of aryl methyl sites for hydroxylation is 2. The molecule has 0 atom stereocenters. The molecule has 1 N–H and O–H groups in total. The fourth-order valence-electron chi connectivity index (χ4n) is 2.08. The molecule has 0 aliphatic rings. The normalized spacial score (nSPS) is 10.3. The molecular formula is C19H23NO4. The van der Waals surface area contributed by atoms with Gasteiger partial charge in [0.15, 0.2) is 6.61 Å². The molecule has 0 saturated carbocycles. The van der Waals surface area contributed by atoms with Gasteiger partial charge in [0, 0.05) is 12.8 Å². The molecule has 0 unspecified atom stereocenters. The Labute approximate surface area is 142 Å². The molecule has 5 heteroatoms. The summed E-state index contributed by atoms with van der Waals surface area (Å²) in [5.74, 6) is 1.26. The number of carbonyl (C=O) groups is 1. The van der Waals surface area contributed by atoms with E-state index in [0.29, 0.717) is 18.9 Å². The zero-order chi connectivity index (χ0) is 17.4. The van der Waals surface area contributed by atoms with Gasteiger partial charge in [-0.25, -0.2) is 0 Å². The number of amides is 1. The summed E-state index contributed by atoms with van der Waals surface area (Å²) < 4.78 is 16.0. The zero-order valence-electron chi connectivity index (χ0n) is 14.3. The highest BCUT2D eigenvalue weighted by Gasteiger charge is 2.06. The van der Waals surface area contributed by atoms with E-state index < -0.39 is 0 Å². The molecule has 5 nitrogen and oxygen atoms in total. The predicted octanol–water partition coefficient (Wildman–Crippen LogP) is 3.35. The van der Waals surface area contributed by atoms with Crippen LogP contribution in [-0.2, 0) is 9.53 Å². The lowest BCUT2D eigenvalue weighted by Crippen LogP contribution is -2.20. The van der Waals surface area contributed by atoms with E-state index in [4.69, 9.17) is 14.2 Å². The summed E-state index contributed by atoms with van der Waals surface area (Å²) in [6, 6.07) is 13.1. The molecule has 0 aromatic heterocycles. The molecule has 0 aliphatic carbocycles. The Balaban J connectivity index is 1.82. The average molecular weight is 329 g/mol. The third kappa shape index (κ3) is 5.59. The highest BCUT2D eigenvalue weighted by molar-refractivity contribution is 5.91. The third-order valence-corrected chi connectivity index (χ3v) is 3.40. The lowest BCUT2D eigenvalue weighted by molar-refractivity contribution is -0.118. The van der Waals surface area contributed by atoms with Gasteiger partial charge >= 0.3 is 0 Å². The van der Waals surface area contributed by atoms with Gasteiger partial charge in [-0.15, -0.1) is 0 Å². The maximum atomic E-state index is 12.0. The van der Waals surface area contributed by atoms with Gasteiger partial charge in [-0.3, -0.25) is 4.79 Å². The van der Waals surface area contributed by atoms with Crippen molar-refractivity contribution in [3.63, 3.8) is 0 Å². The molecular weight excluding hydrogens is 306 g/mol. The lowest BCUT2D eigenvalue weighted by atomic mass is 10.1. The summed E-state index contributed by atoms with van der Waals surface area (Å²) in [7, 11) is 1.63. The molecule has 2 aromatic carbocycles. The molecule has 2 aromatic rings. The summed E-state index contributed by atoms with van der Waals surface area (Å²) in [4.78, 5) is 12.0. The molecule has 0 aliphatic heterocycles. The van der Waals surface area contributed by atoms with E-state index in [0.717, 1.165) is 22.6 Å². The molecule has 2 rings (SSSR count). The topological polar surface area (TPSA) is 56.8 Å². The average Bonchev–Trinajstić information content (AvgIpc) is 2.57. The van der Waals surface area contributed by atoms with Crippen molar-refractivity contribution >= 4 is 11.6 Å². The van der Waals surface area contributed by atoms with Crippen LogP contribution in [0.2, 0.25) is 0 Å². The number of benzene rings is 2. The zero-order valence-corrected chi connectivity index (χ0v) is 14.3. The number of rotatable bonds is 8. The summed E-state index contributed by atoms with van der Waals surface area (Å²) in [5.41, 5.74) is 2.80. The van der Waals surface area contributed by atoms with Crippen molar-refractivity contribution in [2.75, 3.05) is 32.2 Å².